The minimum Gasteiger partial charge on any atom is -0.494 e. The third-order valence-electron chi connectivity index (χ3n) is 4.59. The number of aliphatic imine (C=N–C) groups is 1. The molecule has 0 saturated carbocycles. The fraction of sp³-hybridized carbons (Fsp3) is 0.381. The molecule has 0 spiro atoms. The monoisotopic (exact) mass is 480 g/mol. The van der Waals surface area contributed by atoms with Crippen molar-refractivity contribution in [3.63, 3.8) is 0 Å². The van der Waals surface area contributed by atoms with E-state index in [2.05, 4.69) is 56.9 Å². The molecule has 0 radical (unpaired) electrons. The summed E-state index contributed by atoms with van der Waals surface area (Å²) in [4.78, 5) is 6.79. The Balaban J connectivity index is 0.00000261. The van der Waals surface area contributed by atoms with E-state index in [1.165, 1.54) is 5.69 Å². The van der Waals surface area contributed by atoms with Crippen molar-refractivity contribution < 1.29 is 4.74 Å². The van der Waals surface area contributed by atoms with Gasteiger partial charge in [-0.2, -0.15) is 0 Å². The lowest BCUT2D eigenvalue weighted by atomic mass is 10.2. The van der Waals surface area contributed by atoms with E-state index in [1.54, 1.807) is 0 Å². The number of hydrogen-bond donors (Lipinski definition) is 2. The molecular weight excluding hydrogens is 451 g/mol. The normalized spacial score (nSPS) is 16.6. The third kappa shape index (κ3) is 6.02. The second kappa shape index (κ2) is 11.0. The topological polar surface area (TPSA) is 48.9 Å². The van der Waals surface area contributed by atoms with Crippen molar-refractivity contribution in [2.45, 2.75) is 25.9 Å². The van der Waals surface area contributed by atoms with Gasteiger partial charge in [0.05, 0.1) is 6.61 Å². The van der Waals surface area contributed by atoms with Crippen LogP contribution in [0.5, 0.6) is 5.75 Å². The lowest BCUT2D eigenvalue weighted by Gasteiger charge is -2.20. The fourth-order valence-corrected chi connectivity index (χ4v) is 3.26. The Kier molecular flexibility index (Phi) is 8.71. The van der Waals surface area contributed by atoms with Crippen LogP contribution in [0, 0.1) is 0 Å². The number of halogens is 1. The second-order valence-electron chi connectivity index (χ2n) is 6.38. The van der Waals surface area contributed by atoms with Crippen LogP contribution in [0.1, 0.15) is 18.9 Å². The Labute approximate surface area is 179 Å². The first-order valence-corrected chi connectivity index (χ1v) is 9.28. The largest absolute Gasteiger partial charge is 0.494 e. The van der Waals surface area contributed by atoms with Gasteiger partial charge in [0.1, 0.15) is 5.75 Å². The van der Waals surface area contributed by atoms with Gasteiger partial charge in [0.25, 0.3) is 0 Å². The van der Waals surface area contributed by atoms with E-state index in [1.807, 2.05) is 32.2 Å². The number of benzene rings is 2. The molecule has 1 aliphatic heterocycles. The van der Waals surface area contributed by atoms with Gasteiger partial charge in [-0.1, -0.05) is 36.4 Å². The van der Waals surface area contributed by atoms with Crippen molar-refractivity contribution in [2.24, 2.45) is 4.99 Å². The van der Waals surface area contributed by atoms with Crippen molar-refractivity contribution in [1.82, 2.24) is 10.6 Å². The van der Waals surface area contributed by atoms with E-state index in [-0.39, 0.29) is 24.0 Å². The van der Waals surface area contributed by atoms with Crippen LogP contribution >= 0.6 is 24.0 Å². The molecule has 3 rings (SSSR count). The van der Waals surface area contributed by atoms with Crippen molar-refractivity contribution in [3.05, 3.63) is 60.2 Å². The first-order valence-electron chi connectivity index (χ1n) is 9.28. The molecule has 1 heterocycles. The molecular formula is C21H29IN4O. The lowest BCUT2D eigenvalue weighted by Crippen LogP contribution is -2.44. The standard InChI is InChI=1S/C21H28N4O.HI/c1-3-26-20-12-8-7-9-17(20)15-23-21(22-2)24-18-13-14-25(16-18)19-10-5-4-6-11-19;/h4-12,18H,3,13-16H2,1-2H3,(H2,22,23,24);1H. The second-order valence-corrected chi connectivity index (χ2v) is 6.38. The zero-order chi connectivity index (χ0) is 18.2. The highest BCUT2D eigenvalue weighted by molar-refractivity contribution is 14.0. The molecule has 0 bridgehead atoms. The molecule has 1 aliphatic rings. The summed E-state index contributed by atoms with van der Waals surface area (Å²) < 4.78 is 5.69. The number of nitrogens with one attached hydrogen (secondary N) is 2. The van der Waals surface area contributed by atoms with Gasteiger partial charge in [0.15, 0.2) is 5.96 Å². The molecule has 1 unspecified atom stereocenters. The van der Waals surface area contributed by atoms with Crippen LogP contribution in [0.2, 0.25) is 0 Å². The van der Waals surface area contributed by atoms with E-state index in [0.717, 1.165) is 36.8 Å². The van der Waals surface area contributed by atoms with Gasteiger partial charge in [-0.15, -0.1) is 24.0 Å². The molecule has 0 aromatic heterocycles. The van der Waals surface area contributed by atoms with Crippen LogP contribution < -0.4 is 20.3 Å². The minimum atomic E-state index is 0. The number of rotatable bonds is 6. The quantitative estimate of drug-likeness (QED) is 0.377. The summed E-state index contributed by atoms with van der Waals surface area (Å²) in [6, 6.07) is 19.1. The zero-order valence-electron chi connectivity index (χ0n) is 16.0. The smallest absolute Gasteiger partial charge is 0.191 e. The molecule has 0 amide bonds. The highest BCUT2D eigenvalue weighted by atomic mass is 127. The van der Waals surface area contributed by atoms with Crippen LogP contribution in [0.25, 0.3) is 0 Å². The van der Waals surface area contributed by atoms with Crippen molar-refractivity contribution in [2.75, 3.05) is 31.6 Å². The summed E-state index contributed by atoms with van der Waals surface area (Å²) in [7, 11) is 1.81. The molecule has 146 valence electrons. The summed E-state index contributed by atoms with van der Waals surface area (Å²) in [6.45, 7) is 5.40. The molecule has 27 heavy (non-hydrogen) atoms. The predicted molar refractivity (Wildman–Crippen MR) is 123 cm³/mol. The summed E-state index contributed by atoms with van der Waals surface area (Å²) >= 11 is 0. The third-order valence-corrected chi connectivity index (χ3v) is 4.59. The zero-order valence-corrected chi connectivity index (χ0v) is 18.4. The predicted octanol–water partition coefficient (Wildman–Crippen LogP) is 3.65. The van der Waals surface area contributed by atoms with Crippen LogP contribution in [-0.2, 0) is 6.54 Å². The maximum atomic E-state index is 5.69. The molecule has 0 aliphatic carbocycles. The summed E-state index contributed by atoms with van der Waals surface area (Å²) in [6.07, 6.45) is 1.10. The highest BCUT2D eigenvalue weighted by Crippen LogP contribution is 2.20. The van der Waals surface area contributed by atoms with E-state index in [0.29, 0.717) is 19.2 Å². The van der Waals surface area contributed by atoms with Crippen molar-refractivity contribution >= 4 is 35.6 Å². The number of anilines is 1. The first-order chi connectivity index (χ1) is 12.8. The molecule has 2 aromatic rings. The van der Waals surface area contributed by atoms with Gasteiger partial charge in [0.2, 0.25) is 0 Å². The highest BCUT2D eigenvalue weighted by Gasteiger charge is 2.23. The summed E-state index contributed by atoms with van der Waals surface area (Å²) in [5.74, 6) is 1.75. The van der Waals surface area contributed by atoms with Gasteiger partial charge >= 0.3 is 0 Å². The van der Waals surface area contributed by atoms with Gasteiger partial charge in [-0.3, -0.25) is 4.99 Å². The average molecular weight is 480 g/mol. The molecule has 2 aromatic carbocycles. The SMILES string of the molecule is CCOc1ccccc1CNC(=NC)NC1CCN(c2ccccc2)C1.I. The molecule has 6 heteroatoms. The minimum absolute atomic E-state index is 0. The molecule has 2 N–H and O–H groups in total. The lowest BCUT2D eigenvalue weighted by molar-refractivity contribution is 0.336. The van der Waals surface area contributed by atoms with Crippen molar-refractivity contribution in [3.8, 4) is 5.75 Å². The summed E-state index contributed by atoms with van der Waals surface area (Å²) in [5, 5.41) is 6.95. The van der Waals surface area contributed by atoms with E-state index in [4.69, 9.17) is 4.74 Å². The van der Waals surface area contributed by atoms with E-state index in [9.17, 15) is 0 Å². The number of ether oxygens (including phenoxy) is 1. The van der Waals surface area contributed by atoms with Gasteiger partial charge in [-0.05, 0) is 31.5 Å². The number of guanidine groups is 1. The van der Waals surface area contributed by atoms with Crippen LogP contribution in [0.15, 0.2) is 59.6 Å². The van der Waals surface area contributed by atoms with Gasteiger partial charge in [-0.25, -0.2) is 0 Å². The number of hydrogen-bond acceptors (Lipinski definition) is 3. The maximum Gasteiger partial charge on any atom is 0.191 e. The Bertz CT molecular complexity index is 723. The van der Waals surface area contributed by atoms with Crippen molar-refractivity contribution in [1.29, 1.82) is 0 Å². The van der Waals surface area contributed by atoms with E-state index < -0.39 is 0 Å². The Morgan fingerprint density at radius 3 is 2.63 bits per heavy atom. The molecule has 1 saturated heterocycles. The average Bonchev–Trinajstić information content (AvgIpc) is 3.15. The number of nitrogens with zero attached hydrogens (tertiary/aromatic N) is 2. The molecule has 5 nitrogen and oxygen atoms in total. The van der Waals surface area contributed by atoms with E-state index >= 15 is 0 Å². The van der Waals surface area contributed by atoms with Crippen LogP contribution in [-0.4, -0.2) is 38.7 Å². The Morgan fingerprint density at radius 2 is 1.89 bits per heavy atom. The maximum absolute atomic E-state index is 5.69. The Morgan fingerprint density at radius 1 is 1.15 bits per heavy atom. The molecule has 1 atom stereocenters. The van der Waals surface area contributed by atoms with Crippen LogP contribution in [0.4, 0.5) is 5.69 Å². The summed E-state index contributed by atoms with van der Waals surface area (Å²) in [5.41, 5.74) is 2.42. The Hall–Kier alpha value is -1.96. The van der Waals surface area contributed by atoms with Gasteiger partial charge < -0.3 is 20.3 Å². The van der Waals surface area contributed by atoms with Crippen LogP contribution in [0.3, 0.4) is 0 Å². The van der Waals surface area contributed by atoms with Gasteiger partial charge in [0, 0.05) is 44.0 Å². The molecule has 1 fully saturated rings. The fourth-order valence-electron chi connectivity index (χ4n) is 3.26. The first kappa shape index (κ1) is 21.3. The number of para-hydroxylation sites is 2.